The molecule has 1 fully saturated rings. The van der Waals surface area contributed by atoms with Crippen LogP contribution in [0.5, 0.6) is 11.5 Å². The highest BCUT2D eigenvalue weighted by molar-refractivity contribution is 7.13. The molecule has 366 valence electrons. The third-order valence-electron chi connectivity index (χ3n) is 12.4. The highest BCUT2D eigenvalue weighted by Gasteiger charge is 2.32. The SMILES string of the molecule is CCc1nc(C)sc1C(=O)Nc1nc2cc(C(N)=O)cc(OC)c2n1C/C=C/Cn1c2nc(-c3nc(C)nn3CC)ncc2c2cc(C(N)=O)cc(OCCC3CN(C(=O)CCN4C(=O)C=CC4=O)C3)c21. The number of methoxy groups -OCH3 is 1. The molecule has 0 bridgehead atoms. The molecule has 5 aromatic heterocycles. The molecule has 7 aromatic rings. The van der Waals surface area contributed by atoms with Gasteiger partial charge in [-0.2, -0.15) is 5.10 Å². The first-order chi connectivity index (χ1) is 34.1. The number of benzene rings is 2. The lowest BCUT2D eigenvalue weighted by molar-refractivity contribution is -0.140. The van der Waals surface area contributed by atoms with E-state index < -0.39 is 23.6 Å². The zero-order valence-corrected chi connectivity index (χ0v) is 40.4. The average Bonchev–Trinajstić information content (AvgIpc) is 4.15. The van der Waals surface area contributed by atoms with E-state index in [0.29, 0.717) is 105 Å². The van der Waals surface area contributed by atoms with Crippen LogP contribution in [0.15, 0.2) is 54.8 Å². The van der Waals surface area contributed by atoms with E-state index in [2.05, 4.69) is 20.4 Å². The van der Waals surface area contributed by atoms with Gasteiger partial charge >= 0.3 is 0 Å². The van der Waals surface area contributed by atoms with Crippen molar-refractivity contribution in [3.63, 3.8) is 0 Å². The molecule has 5 N–H and O–H groups in total. The number of primary amides is 2. The van der Waals surface area contributed by atoms with Crippen molar-refractivity contribution in [2.24, 2.45) is 17.4 Å². The number of aromatic nitrogens is 9. The highest BCUT2D eigenvalue weighted by atomic mass is 32.1. The Bertz CT molecular complexity index is 3380. The van der Waals surface area contributed by atoms with Crippen molar-refractivity contribution in [1.29, 1.82) is 0 Å². The zero-order valence-electron chi connectivity index (χ0n) is 39.6. The van der Waals surface area contributed by atoms with E-state index in [1.54, 1.807) is 45.5 Å². The number of imide groups is 1. The zero-order chi connectivity index (χ0) is 50.2. The van der Waals surface area contributed by atoms with E-state index in [1.807, 2.05) is 37.5 Å². The number of ether oxygens (including phenoxy) is 2. The third-order valence-corrected chi connectivity index (χ3v) is 13.4. The number of fused-ring (bicyclic) bond motifs is 4. The summed E-state index contributed by atoms with van der Waals surface area (Å²) in [5, 5.41) is 9.46. The van der Waals surface area contributed by atoms with Crippen molar-refractivity contribution in [2.45, 2.75) is 66.6 Å². The summed E-state index contributed by atoms with van der Waals surface area (Å²) in [4.78, 5) is 103. The van der Waals surface area contributed by atoms with Gasteiger partial charge in [-0.25, -0.2) is 29.6 Å². The molecule has 2 aliphatic heterocycles. The van der Waals surface area contributed by atoms with Crippen LogP contribution in [0.3, 0.4) is 0 Å². The van der Waals surface area contributed by atoms with Gasteiger partial charge in [0.1, 0.15) is 33.4 Å². The number of carbonyl (C=O) groups is 6. The summed E-state index contributed by atoms with van der Waals surface area (Å²) in [5.74, 6) is -0.315. The normalized spacial score (nSPS) is 13.9. The smallest absolute Gasteiger partial charge is 0.269 e. The summed E-state index contributed by atoms with van der Waals surface area (Å²) in [6.07, 6.45) is 9.06. The second kappa shape index (κ2) is 19.6. The van der Waals surface area contributed by atoms with Gasteiger partial charge in [0.25, 0.3) is 17.7 Å². The molecule has 6 amide bonds. The van der Waals surface area contributed by atoms with Crippen LogP contribution in [-0.4, -0.2) is 122 Å². The molecular weight excluding hydrogens is 933 g/mol. The van der Waals surface area contributed by atoms with Crippen LogP contribution in [0.1, 0.15) is 73.6 Å². The molecule has 0 aliphatic carbocycles. The van der Waals surface area contributed by atoms with Crippen LogP contribution in [0.2, 0.25) is 0 Å². The Morgan fingerprint density at radius 1 is 0.873 bits per heavy atom. The minimum absolute atomic E-state index is 0.0225. The predicted molar refractivity (Wildman–Crippen MR) is 262 cm³/mol. The van der Waals surface area contributed by atoms with Gasteiger partial charge in [0, 0.05) is 85.9 Å². The van der Waals surface area contributed by atoms with Gasteiger partial charge in [-0.3, -0.25) is 39.0 Å². The van der Waals surface area contributed by atoms with Crippen LogP contribution >= 0.6 is 11.3 Å². The molecule has 71 heavy (non-hydrogen) atoms. The second-order valence-electron chi connectivity index (χ2n) is 17.0. The fraction of sp³-hybridized carbons (Fsp3) is 0.333. The number of nitrogens with zero attached hydrogens (tertiary/aromatic N) is 11. The Kier molecular flexibility index (Phi) is 13.2. The first kappa shape index (κ1) is 47.7. The van der Waals surface area contributed by atoms with Crippen molar-refractivity contribution < 1.29 is 38.2 Å². The number of hydrogen-bond acceptors (Lipinski definition) is 15. The van der Waals surface area contributed by atoms with Crippen molar-refractivity contribution in [2.75, 3.05) is 38.7 Å². The lowest BCUT2D eigenvalue weighted by Gasteiger charge is -2.39. The van der Waals surface area contributed by atoms with Gasteiger partial charge in [-0.05, 0) is 63.8 Å². The molecule has 0 atom stereocenters. The summed E-state index contributed by atoms with van der Waals surface area (Å²) in [6.45, 7) is 9.68. The number of rotatable bonds is 19. The van der Waals surface area contributed by atoms with E-state index in [0.717, 1.165) is 9.91 Å². The first-order valence-corrected chi connectivity index (χ1v) is 23.8. The molecule has 0 radical (unpaired) electrons. The number of nitrogens with one attached hydrogen (secondary N) is 1. The molecular formula is C48H50N14O8S. The number of aryl methyl sites for hydroxylation is 4. The summed E-state index contributed by atoms with van der Waals surface area (Å²) in [6, 6.07) is 6.37. The molecule has 23 heteroatoms. The Hall–Kier alpha value is -8.34. The van der Waals surface area contributed by atoms with Crippen molar-refractivity contribution in [3.8, 4) is 23.1 Å². The summed E-state index contributed by atoms with van der Waals surface area (Å²) in [5.41, 5.74) is 14.7. The van der Waals surface area contributed by atoms with Crippen LogP contribution in [0.4, 0.5) is 5.95 Å². The molecule has 22 nitrogen and oxygen atoms in total. The Morgan fingerprint density at radius 3 is 2.27 bits per heavy atom. The van der Waals surface area contributed by atoms with Gasteiger partial charge in [0.05, 0.1) is 35.5 Å². The summed E-state index contributed by atoms with van der Waals surface area (Å²) >= 11 is 1.29. The van der Waals surface area contributed by atoms with E-state index in [1.165, 1.54) is 36.7 Å². The monoisotopic (exact) mass is 982 g/mol. The number of thiazole rings is 1. The standard InChI is InChI=1S/C48H50N14O8S/c1-6-32-41(71-26(4)53-32)47(68)56-48-54-33-19-29(43(50)67)20-34(69-5)40(33)61(48)15-9-8-14-60-39-30(31-22-51-44(55-45(31)60)46-52-25(3)57-62(46)7-2)18-28(42(49)66)21-35(39)70-17-13-27-23-58(24-27)36(63)12-16-59-37(64)10-11-38(59)65/h8-11,18-22,27H,6-7,12-17,23-24H2,1-5H3,(H2,49,66)(H2,50,67)(H,54,56,68)/b9-8+. The molecule has 0 saturated carbocycles. The number of hydrogen-bond donors (Lipinski definition) is 3. The number of imidazole rings is 1. The average molecular weight is 983 g/mol. The fourth-order valence-corrected chi connectivity index (χ4v) is 9.76. The largest absolute Gasteiger partial charge is 0.494 e. The van der Waals surface area contributed by atoms with E-state index >= 15 is 0 Å². The lowest BCUT2D eigenvalue weighted by atomic mass is 9.96. The third kappa shape index (κ3) is 9.29. The second-order valence-corrected chi connectivity index (χ2v) is 18.2. The molecule has 2 aromatic carbocycles. The number of likely N-dealkylation sites (tertiary alicyclic amines) is 1. The molecule has 7 heterocycles. The molecule has 2 aliphatic rings. The van der Waals surface area contributed by atoms with E-state index in [4.69, 9.17) is 35.9 Å². The maximum atomic E-state index is 13.8. The molecule has 0 spiro atoms. The van der Waals surface area contributed by atoms with Crippen molar-refractivity contribution >= 4 is 85.7 Å². The van der Waals surface area contributed by atoms with Gasteiger partial charge < -0.3 is 35.0 Å². The van der Waals surface area contributed by atoms with Crippen LogP contribution in [0, 0.1) is 19.8 Å². The van der Waals surface area contributed by atoms with Gasteiger partial charge in [0.15, 0.2) is 11.6 Å². The van der Waals surface area contributed by atoms with Crippen LogP contribution in [0.25, 0.3) is 44.6 Å². The predicted octanol–water partition coefficient (Wildman–Crippen LogP) is 4.11. The van der Waals surface area contributed by atoms with Crippen molar-refractivity contribution in [1.82, 2.24) is 53.6 Å². The maximum Gasteiger partial charge on any atom is 0.269 e. The quantitative estimate of drug-likeness (QED) is 0.0760. The number of carbonyl (C=O) groups excluding carboxylic acids is 6. The Labute approximate surface area is 409 Å². The van der Waals surface area contributed by atoms with Gasteiger partial charge in [-0.1, -0.05) is 19.1 Å². The maximum absolute atomic E-state index is 13.8. The van der Waals surface area contributed by atoms with Gasteiger partial charge in [-0.15, -0.1) is 11.3 Å². The number of anilines is 1. The molecule has 9 rings (SSSR count). The Balaban J connectivity index is 1.04. The first-order valence-electron chi connectivity index (χ1n) is 23.0. The lowest BCUT2D eigenvalue weighted by Crippen LogP contribution is -2.51. The number of allylic oxidation sites excluding steroid dienone is 2. The highest BCUT2D eigenvalue weighted by Crippen LogP contribution is 2.37. The van der Waals surface area contributed by atoms with Crippen molar-refractivity contribution in [3.05, 3.63) is 87.3 Å². The topological polar surface area (TPSA) is 284 Å². The summed E-state index contributed by atoms with van der Waals surface area (Å²) < 4.78 is 17.7. The minimum atomic E-state index is -0.670. The minimum Gasteiger partial charge on any atom is -0.494 e. The Morgan fingerprint density at radius 2 is 1.58 bits per heavy atom. The molecule has 1 saturated heterocycles. The molecule has 0 unspecified atom stereocenters. The van der Waals surface area contributed by atoms with E-state index in [-0.39, 0.29) is 67.5 Å². The summed E-state index contributed by atoms with van der Waals surface area (Å²) in [7, 11) is 1.47. The van der Waals surface area contributed by atoms with E-state index in [9.17, 15) is 28.8 Å². The van der Waals surface area contributed by atoms with Gasteiger partial charge in [0.2, 0.25) is 23.7 Å². The fourth-order valence-electron chi connectivity index (χ4n) is 8.86. The number of amides is 6. The van der Waals surface area contributed by atoms with Crippen LogP contribution < -0.4 is 26.3 Å². The van der Waals surface area contributed by atoms with Crippen LogP contribution in [-0.2, 0) is 40.4 Å². The number of nitrogens with two attached hydrogens (primary N) is 2.